The van der Waals surface area contributed by atoms with E-state index in [0.717, 1.165) is 0 Å². The minimum absolute atomic E-state index is 0.416. The van der Waals surface area contributed by atoms with E-state index in [9.17, 15) is 0 Å². The van der Waals surface area contributed by atoms with Gasteiger partial charge in [-0.3, -0.25) is 0 Å². The Bertz CT molecular complexity index is 255. The van der Waals surface area contributed by atoms with Gasteiger partial charge in [0.05, 0.1) is 0 Å². The summed E-state index contributed by atoms with van der Waals surface area (Å²) in [5.74, 6) is 0. The van der Waals surface area contributed by atoms with Gasteiger partial charge in [0.1, 0.15) is 0 Å². The van der Waals surface area contributed by atoms with Gasteiger partial charge in [-0.05, 0) is 29.9 Å². The first-order valence-corrected chi connectivity index (χ1v) is 5.28. The molecule has 0 aromatic heterocycles. The van der Waals surface area contributed by atoms with E-state index in [1.165, 1.54) is 37.7 Å². The van der Waals surface area contributed by atoms with Crippen LogP contribution in [0.3, 0.4) is 0 Å². The topological polar surface area (TPSA) is 0 Å². The predicted octanol–water partition coefficient (Wildman–Crippen LogP) is 3.71. The zero-order chi connectivity index (χ0) is 9.15. The molecule has 0 aliphatic heterocycles. The smallest absolute Gasteiger partial charge is 0.00691 e. The van der Waals surface area contributed by atoms with Gasteiger partial charge < -0.3 is 0 Å². The molecule has 0 atom stereocenters. The van der Waals surface area contributed by atoms with Crippen molar-refractivity contribution in [2.75, 3.05) is 0 Å². The minimum Gasteiger partial charge on any atom is -0.0619 e. The molecule has 1 aliphatic rings. The van der Waals surface area contributed by atoms with Gasteiger partial charge in [0.25, 0.3) is 0 Å². The summed E-state index contributed by atoms with van der Waals surface area (Å²) in [4.78, 5) is 0. The fraction of sp³-hybridized carbons (Fsp3) is 0.538. The lowest BCUT2D eigenvalue weighted by molar-refractivity contribution is 0.319. The predicted molar refractivity (Wildman–Crippen MR) is 55.7 cm³/mol. The van der Waals surface area contributed by atoms with Crippen molar-refractivity contribution in [3.05, 3.63) is 35.9 Å². The quantitative estimate of drug-likeness (QED) is 0.607. The molecule has 69 valence electrons. The fourth-order valence-electron chi connectivity index (χ4n) is 2.37. The summed E-state index contributed by atoms with van der Waals surface area (Å²) < 4.78 is 0. The van der Waals surface area contributed by atoms with Crippen LogP contribution in [-0.2, 0) is 5.41 Å². The molecule has 0 amide bonds. The van der Waals surface area contributed by atoms with E-state index < -0.39 is 0 Å². The second-order valence-corrected chi connectivity index (χ2v) is 4.40. The first-order valence-electron chi connectivity index (χ1n) is 5.28. The van der Waals surface area contributed by atoms with Crippen molar-refractivity contribution in [1.29, 1.82) is 0 Å². The first-order chi connectivity index (χ1) is 6.31. The molecule has 0 bridgehead atoms. The van der Waals surface area contributed by atoms with Gasteiger partial charge >= 0.3 is 0 Å². The van der Waals surface area contributed by atoms with Crippen molar-refractivity contribution in [2.45, 2.75) is 44.4 Å². The summed E-state index contributed by atoms with van der Waals surface area (Å²) in [6.45, 7) is 2.39. The van der Waals surface area contributed by atoms with Gasteiger partial charge in [-0.2, -0.15) is 0 Å². The van der Waals surface area contributed by atoms with Crippen molar-refractivity contribution in [3.8, 4) is 0 Å². The lowest BCUT2D eigenvalue weighted by atomic mass is 9.71. The maximum Gasteiger partial charge on any atom is -0.00691 e. The van der Waals surface area contributed by atoms with E-state index in [1.54, 1.807) is 0 Å². The van der Waals surface area contributed by atoms with Gasteiger partial charge in [-0.25, -0.2) is 0 Å². The van der Waals surface area contributed by atoms with Crippen LogP contribution >= 0.6 is 0 Å². The average Bonchev–Trinajstić information content (AvgIpc) is 2.20. The molecule has 2 rings (SSSR count). The molecular weight excluding hydrogens is 156 g/mol. The number of rotatable bonds is 1. The Labute approximate surface area is 81.0 Å². The van der Waals surface area contributed by atoms with E-state index in [0.29, 0.717) is 5.41 Å². The molecule has 1 aliphatic carbocycles. The Morgan fingerprint density at radius 1 is 1.15 bits per heavy atom. The zero-order valence-electron chi connectivity index (χ0n) is 8.34. The van der Waals surface area contributed by atoms with E-state index in [-0.39, 0.29) is 0 Å². The molecule has 0 saturated heterocycles. The number of benzene rings is 1. The average molecular weight is 173 g/mol. The summed E-state index contributed by atoms with van der Waals surface area (Å²) in [6, 6.07) is 11.8. The van der Waals surface area contributed by atoms with Gasteiger partial charge in [0.2, 0.25) is 0 Å². The Morgan fingerprint density at radius 3 is 2.54 bits per heavy atom. The number of hydrogen-bond donors (Lipinski definition) is 0. The van der Waals surface area contributed by atoms with E-state index >= 15 is 0 Å². The SMILES string of the molecule is CC1(c2[c]cccc2)CCCCC1. The van der Waals surface area contributed by atoms with Crippen LogP contribution in [0.5, 0.6) is 0 Å². The van der Waals surface area contributed by atoms with Crippen LogP contribution in [0.2, 0.25) is 0 Å². The van der Waals surface area contributed by atoms with E-state index in [2.05, 4.69) is 31.2 Å². The molecule has 1 saturated carbocycles. The van der Waals surface area contributed by atoms with Crippen molar-refractivity contribution in [3.63, 3.8) is 0 Å². The molecule has 0 N–H and O–H groups in total. The first kappa shape index (κ1) is 8.80. The van der Waals surface area contributed by atoms with Crippen LogP contribution in [0.1, 0.15) is 44.6 Å². The van der Waals surface area contributed by atoms with Crippen molar-refractivity contribution >= 4 is 0 Å². The Morgan fingerprint density at radius 2 is 1.92 bits per heavy atom. The molecule has 1 aromatic carbocycles. The van der Waals surface area contributed by atoms with Gasteiger partial charge in [-0.1, -0.05) is 50.5 Å². The Balaban J connectivity index is 2.23. The largest absolute Gasteiger partial charge is 0.0619 e. The summed E-state index contributed by atoms with van der Waals surface area (Å²) in [7, 11) is 0. The monoisotopic (exact) mass is 173 g/mol. The molecule has 1 fully saturated rings. The highest BCUT2D eigenvalue weighted by Crippen LogP contribution is 2.38. The second-order valence-electron chi connectivity index (χ2n) is 4.40. The summed E-state index contributed by atoms with van der Waals surface area (Å²) in [6.07, 6.45) is 6.88. The minimum atomic E-state index is 0.416. The highest BCUT2D eigenvalue weighted by molar-refractivity contribution is 5.23. The van der Waals surface area contributed by atoms with Crippen LogP contribution < -0.4 is 0 Å². The van der Waals surface area contributed by atoms with Crippen molar-refractivity contribution in [1.82, 2.24) is 0 Å². The molecule has 0 nitrogen and oxygen atoms in total. The molecule has 0 unspecified atom stereocenters. The standard InChI is InChI=1S/C13H17/c1-13(10-6-3-7-11-13)12-8-4-2-5-9-12/h2,4-5,8H,3,6-7,10-11H2,1H3. The van der Waals surface area contributed by atoms with Crippen molar-refractivity contribution in [2.24, 2.45) is 0 Å². The second kappa shape index (κ2) is 3.53. The van der Waals surface area contributed by atoms with Gasteiger partial charge in [-0.15, -0.1) is 0 Å². The highest BCUT2D eigenvalue weighted by atomic mass is 14.3. The molecular formula is C13H17. The molecule has 0 heteroatoms. The fourth-order valence-corrected chi connectivity index (χ4v) is 2.37. The third-order valence-electron chi connectivity index (χ3n) is 3.32. The molecule has 13 heavy (non-hydrogen) atoms. The summed E-state index contributed by atoms with van der Waals surface area (Å²) >= 11 is 0. The van der Waals surface area contributed by atoms with Gasteiger partial charge in [0, 0.05) is 0 Å². The van der Waals surface area contributed by atoms with Crippen LogP contribution in [0.4, 0.5) is 0 Å². The molecule has 1 aromatic rings. The normalized spacial score (nSPS) is 21.3. The lowest BCUT2D eigenvalue weighted by Gasteiger charge is -2.33. The molecule has 0 heterocycles. The van der Waals surface area contributed by atoms with Crippen LogP contribution in [0.15, 0.2) is 24.3 Å². The third-order valence-corrected chi connectivity index (χ3v) is 3.32. The maximum atomic E-state index is 3.38. The Hall–Kier alpha value is -0.780. The molecule has 0 spiro atoms. The van der Waals surface area contributed by atoms with Crippen LogP contribution in [-0.4, -0.2) is 0 Å². The maximum absolute atomic E-state index is 3.38. The molecule has 1 radical (unpaired) electrons. The Kier molecular flexibility index (Phi) is 2.39. The summed E-state index contributed by atoms with van der Waals surface area (Å²) in [5.41, 5.74) is 1.83. The van der Waals surface area contributed by atoms with Crippen LogP contribution in [0.25, 0.3) is 0 Å². The zero-order valence-corrected chi connectivity index (χ0v) is 8.34. The van der Waals surface area contributed by atoms with Gasteiger partial charge in [0.15, 0.2) is 0 Å². The van der Waals surface area contributed by atoms with E-state index in [1.807, 2.05) is 6.07 Å². The lowest BCUT2D eigenvalue weighted by Crippen LogP contribution is -2.24. The van der Waals surface area contributed by atoms with E-state index in [4.69, 9.17) is 0 Å². The van der Waals surface area contributed by atoms with Crippen LogP contribution in [0, 0.1) is 6.07 Å². The third kappa shape index (κ3) is 1.77. The number of hydrogen-bond acceptors (Lipinski definition) is 0. The highest BCUT2D eigenvalue weighted by Gasteiger charge is 2.28. The summed E-state index contributed by atoms with van der Waals surface area (Å²) in [5, 5.41) is 0. The van der Waals surface area contributed by atoms with Crippen molar-refractivity contribution < 1.29 is 0 Å².